The van der Waals surface area contributed by atoms with E-state index in [9.17, 15) is 4.79 Å². The van der Waals surface area contributed by atoms with Gasteiger partial charge in [0.1, 0.15) is 0 Å². The van der Waals surface area contributed by atoms with Crippen molar-refractivity contribution in [3.63, 3.8) is 0 Å². The number of nitrogens with two attached hydrogens (primary N) is 1. The molecule has 0 aliphatic carbocycles. The van der Waals surface area contributed by atoms with Gasteiger partial charge in [0.25, 0.3) is 0 Å². The summed E-state index contributed by atoms with van der Waals surface area (Å²) in [6, 6.07) is 1.65. The van der Waals surface area contributed by atoms with Crippen LogP contribution < -0.4 is 5.73 Å². The van der Waals surface area contributed by atoms with Gasteiger partial charge in [-0.25, -0.2) is 14.8 Å². The van der Waals surface area contributed by atoms with Crippen LogP contribution in [0.15, 0.2) is 18.6 Å². The molecular weight excluding hydrogens is 256 g/mol. The first-order valence-corrected chi connectivity index (χ1v) is 6.67. The fourth-order valence-corrected chi connectivity index (χ4v) is 1.86. The zero-order valence-electron chi connectivity index (χ0n) is 12.1. The Balaban J connectivity index is 2.22. The van der Waals surface area contributed by atoms with Gasteiger partial charge in [-0.05, 0) is 33.3 Å². The maximum Gasteiger partial charge on any atom is 0.356 e. The molecule has 0 atom stereocenters. The number of rotatable bonds is 5. The first-order valence-electron chi connectivity index (χ1n) is 6.67. The minimum Gasteiger partial charge on any atom is -0.461 e. The molecule has 0 aliphatic rings. The molecule has 2 aromatic rings. The quantitative estimate of drug-likeness (QED) is 0.841. The Bertz CT molecular complexity index is 613. The van der Waals surface area contributed by atoms with E-state index in [1.165, 1.54) is 0 Å². The number of hydrogen-bond donors (Lipinski definition) is 1. The first kappa shape index (κ1) is 14.5. The second-order valence-electron chi connectivity index (χ2n) is 5.46. The maximum atomic E-state index is 11.6. The van der Waals surface area contributed by atoms with E-state index in [1.807, 2.05) is 18.4 Å². The summed E-state index contributed by atoms with van der Waals surface area (Å²) in [6.07, 6.45) is 4.23. The SMILES string of the molecule is CCOC(=O)c1cc2ncn(CCC(C)(C)N)c2cn1. The molecule has 2 N–H and O–H groups in total. The lowest BCUT2D eigenvalue weighted by atomic mass is 10.0. The van der Waals surface area contributed by atoms with Crippen LogP contribution in [0.1, 0.15) is 37.7 Å². The number of esters is 1. The van der Waals surface area contributed by atoms with E-state index < -0.39 is 5.97 Å². The molecule has 0 fully saturated rings. The van der Waals surface area contributed by atoms with Crippen molar-refractivity contribution in [3.8, 4) is 0 Å². The number of nitrogens with zero attached hydrogens (tertiary/aromatic N) is 3. The van der Waals surface area contributed by atoms with Crippen molar-refractivity contribution in [2.24, 2.45) is 5.73 Å². The molecule has 108 valence electrons. The van der Waals surface area contributed by atoms with Gasteiger partial charge >= 0.3 is 5.97 Å². The molecule has 20 heavy (non-hydrogen) atoms. The van der Waals surface area contributed by atoms with Gasteiger partial charge < -0.3 is 15.0 Å². The maximum absolute atomic E-state index is 11.6. The number of imidazole rings is 1. The van der Waals surface area contributed by atoms with Crippen molar-refractivity contribution >= 4 is 17.0 Å². The van der Waals surface area contributed by atoms with Gasteiger partial charge in [0, 0.05) is 12.1 Å². The van der Waals surface area contributed by atoms with Crippen LogP contribution in [-0.2, 0) is 11.3 Å². The molecule has 0 amide bonds. The standard InChI is InChI=1S/C14H20N4O2/c1-4-20-13(19)11-7-10-12(8-16-11)18(9-17-10)6-5-14(2,3)15/h7-9H,4-6,15H2,1-3H3. The molecule has 0 aromatic carbocycles. The summed E-state index contributed by atoms with van der Waals surface area (Å²) in [7, 11) is 0. The number of aryl methyl sites for hydroxylation is 1. The first-order chi connectivity index (χ1) is 9.40. The lowest BCUT2D eigenvalue weighted by Gasteiger charge is -2.18. The van der Waals surface area contributed by atoms with Crippen LogP contribution in [0.4, 0.5) is 0 Å². The Morgan fingerprint density at radius 3 is 2.85 bits per heavy atom. The summed E-state index contributed by atoms with van der Waals surface area (Å²) in [5.41, 5.74) is 7.66. The highest BCUT2D eigenvalue weighted by Gasteiger charge is 2.14. The molecule has 6 heteroatoms. The van der Waals surface area contributed by atoms with Gasteiger partial charge in [-0.1, -0.05) is 0 Å². The predicted octanol–water partition coefficient (Wildman–Crippen LogP) is 1.74. The van der Waals surface area contributed by atoms with Gasteiger partial charge in [0.2, 0.25) is 0 Å². The number of aromatic nitrogens is 3. The van der Waals surface area contributed by atoms with E-state index in [0.717, 1.165) is 24.0 Å². The molecule has 0 radical (unpaired) electrons. The highest BCUT2D eigenvalue weighted by molar-refractivity contribution is 5.91. The Morgan fingerprint density at radius 2 is 2.20 bits per heavy atom. The summed E-state index contributed by atoms with van der Waals surface area (Å²) in [6.45, 7) is 6.84. The lowest BCUT2D eigenvalue weighted by Crippen LogP contribution is -2.33. The highest BCUT2D eigenvalue weighted by Crippen LogP contribution is 2.15. The van der Waals surface area contributed by atoms with Crippen molar-refractivity contribution in [3.05, 3.63) is 24.3 Å². The van der Waals surface area contributed by atoms with Crippen LogP contribution >= 0.6 is 0 Å². The van der Waals surface area contributed by atoms with Gasteiger partial charge in [-0.15, -0.1) is 0 Å². The van der Waals surface area contributed by atoms with Crippen molar-refractivity contribution < 1.29 is 9.53 Å². The fraction of sp³-hybridized carbons (Fsp3) is 0.500. The fourth-order valence-electron chi connectivity index (χ4n) is 1.86. The molecule has 0 bridgehead atoms. The summed E-state index contributed by atoms with van der Waals surface area (Å²) >= 11 is 0. The van der Waals surface area contributed by atoms with Crippen molar-refractivity contribution in [2.75, 3.05) is 6.61 Å². The highest BCUT2D eigenvalue weighted by atomic mass is 16.5. The molecule has 0 unspecified atom stereocenters. The summed E-state index contributed by atoms with van der Waals surface area (Å²) in [4.78, 5) is 20.0. The minimum atomic E-state index is -0.424. The van der Waals surface area contributed by atoms with E-state index in [4.69, 9.17) is 10.5 Å². The molecule has 2 rings (SSSR count). The molecule has 2 aromatic heterocycles. The third-order valence-corrected chi connectivity index (χ3v) is 2.99. The summed E-state index contributed by atoms with van der Waals surface area (Å²) in [5, 5.41) is 0. The molecular formula is C14H20N4O2. The van der Waals surface area contributed by atoms with Crippen LogP contribution in [-0.4, -0.2) is 32.7 Å². The van der Waals surface area contributed by atoms with Crippen molar-refractivity contribution in [2.45, 2.75) is 39.3 Å². The van der Waals surface area contributed by atoms with Gasteiger partial charge in [0.15, 0.2) is 5.69 Å². The third kappa shape index (κ3) is 3.33. The van der Waals surface area contributed by atoms with E-state index in [0.29, 0.717) is 6.61 Å². The lowest BCUT2D eigenvalue weighted by molar-refractivity contribution is 0.0519. The zero-order valence-corrected chi connectivity index (χ0v) is 12.1. The van der Waals surface area contributed by atoms with Crippen LogP contribution in [0.25, 0.3) is 11.0 Å². The van der Waals surface area contributed by atoms with Crippen molar-refractivity contribution in [1.29, 1.82) is 0 Å². The Hall–Kier alpha value is -1.95. The van der Waals surface area contributed by atoms with Crippen LogP contribution in [0.2, 0.25) is 0 Å². The smallest absolute Gasteiger partial charge is 0.356 e. The minimum absolute atomic E-state index is 0.227. The number of hydrogen-bond acceptors (Lipinski definition) is 5. The average Bonchev–Trinajstić information content (AvgIpc) is 2.78. The second-order valence-corrected chi connectivity index (χ2v) is 5.46. The molecule has 2 heterocycles. The molecule has 0 saturated heterocycles. The van der Waals surface area contributed by atoms with Gasteiger partial charge in [-0.3, -0.25) is 0 Å². The zero-order chi connectivity index (χ0) is 14.8. The average molecular weight is 276 g/mol. The number of carbonyl (C=O) groups is 1. The number of ether oxygens (including phenoxy) is 1. The second kappa shape index (κ2) is 5.58. The topological polar surface area (TPSA) is 83.0 Å². The largest absolute Gasteiger partial charge is 0.461 e. The Morgan fingerprint density at radius 1 is 1.45 bits per heavy atom. The molecule has 0 aliphatic heterocycles. The van der Waals surface area contributed by atoms with E-state index >= 15 is 0 Å². The third-order valence-electron chi connectivity index (χ3n) is 2.99. The van der Waals surface area contributed by atoms with Crippen molar-refractivity contribution in [1.82, 2.24) is 14.5 Å². The monoisotopic (exact) mass is 276 g/mol. The van der Waals surface area contributed by atoms with Crippen LogP contribution in [0.3, 0.4) is 0 Å². The van der Waals surface area contributed by atoms with E-state index in [2.05, 4.69) is 9.97 Å². The summed E-state index contributed by atoms with van der Waals surface area (Å²) < 4.78 is 6.92. The summed E-state index contributed by atoms with van der Waals surface area (Å²) in [5.74, 6) is -0.424. The van der Waals surface area contributed by atoms with Gasteiger partial charge in [-0.2, -0.15) is 0 Å². The number of carbonyl (C=O) groups excluding carboxylic acids is 1. The van der Waals surface area contributed by atoms with Crippen LogP contribution in [0.5, 0.6) is 0 Å². The van der Waals surface area contributed by atoms with E-state index in [1.54, 1.807) is 25.5 Å². The predicted molar refractivity (Wildman–Crippen MR) is 76.4 cm³/mol. The van der Waals surface area contributed by atoms with Gasteiger partial charge in [0.05, 0.1) is 30.2 Å². The number of fused-ring (bicyclic) bond motifs is 1. The Labute approximate surface area is 118 Å². The van der Waals surface area contributed by atoms with Crippen LogP contribution in [0, 0.1) is 0 Å². The normalized spacial score (nSPS) is 11.8. The van der Waals surface area contributed by atoms with E-state index in [-0.39, 0.29) is 11.2 Å². The molecule has 0 spiro atoms. The molecule has 6 nitrogen and oxygen atoms in total. The molecule has 0 saturated carbocycles. The Kier molecular flexibility index (Phi) is 4.04. The number of pyridine rings is 1.